The second-order valence-corrected chi connectivity index (χ2v) is 3.58. The number of anilines is 1. The van der Waals surface area contributed by atoms with Crippen molar-refractivity contribution in [1.82, 2.24) is 4.98 Å². The molecular formula is C10H11ClF2N2O2. The van der Waals surface area contributed by atoms with E-state index in [-0.39, 0.29) is 29.6 Å². The van der Waals surface area contributed by atoms with E-state index in [1.165, 1.54) is 0 Å². The van der Waals surface area contributed by atoms with Crippen LogP contribution in [0.25, 0.3) is 0 Å². The molecule has 0 saturated carbocycles. The Balaban J connectivity index is 2.95. The normalized spacial score (nSPS) is 10.6. The Morgan fingerprint density at radius 3 is 2.82 bits per heavy atom. The molecule has 0 bridgehead atoms. The Bertz CT molecular complexity index is 427. The van der Waals surface area contributed by atoms with Crippen molar-refractivity contribution in [3.05, 3.63) is 22.3 Å². The van der Waals surface area contributed by atoms with E-state index in [1.54, 1.807) is 6.92 Å². The van der Waals surface area contributed by atoms with Gasteiger partial charge >= 0.3 is 5.97 Å². The van der Waals surface area contributed by atoms with Crippen LogP contribution in [0.15, 0.2) is 6.07 Å². The Morgan fingerprint density at radius 2 is 2.29 bits per heavy atom. The minimum absolute atomic E-state index is 0.0254. The molecule has 0 aliphatic rings. The Morgan fingerprint density at radius 1 is 1.65 bits per heavy atom. The van der Waals surface area contributed by atoms with Crippen molar-refractivity contribution < 1.29 is 18.3 Å². The molecule has 0 unspecified atom stereocenters. The maximum absolute atomic E-state index is 12.5. The van der Waals surface area contributed by atoms with E-state index in [0.717, 1.165) is 6.07 Å². The van der Waals surface area contributed by atoms with E-state index in [4.69, 9.17) is 22.1 Å². The third-order valence-electron chi connectivity index (χ3n) is 1.96. The second kappa shape index (κ2) is 5.77. The summed E-state index contributed by atoms with van der Waals surface area (Å²) in [5, 5.41) is -0.0254. The summed E-state index contributed by atoms with van der Waals surface area (Å²) in [4.78, 5) is 14.9. The lowest BCUT2D eigenvalue weighted by Crippen LogP contribution is -2.11. The molecule has 0 fully saturated rings. The first-order chi connectivity index (χ1) is 7.95. The van der Waals surface area contributed by atoms with Gasteiger partial charge in [0.15, 0.2) is 0 Å². The van der Waals surface area contributed by atoms with Crippen LogP contribution in [0.2, 0.25) is 5.02 Å². The van der Waals surface area contributed by atoms with Gasteiger partial charge in [0.25, 0.3) is 6.43 Å². The van der Waals surface area contributed by atoms with Crippen LogP contribution in [-0.4, -0.2) is 17.6 Å². The molecule has 0 atom stereocenters. The predicted octanol–water partition coefficient (Wildman–Crippen LogP) is 2.36. The van der Waals surface area contributed by atoms with Crippen molar-refractivity contribution in [3.63, 3.8) is 0 Å². The number of nitrogens with two attached hydrogens (primary N) is 1. The Labute approximate surface area is 102 Å². The van der Waals surface area contributed by atoms with Gasteiger partial charge in [0.2, 0.25) is 0 Å². The van der Waals surface area contributed by atoms with Gasteiger partial charge in [0, 0.05) is 0 Å². The fourth-order valence-electron chi connectivity index (χ4n) is 1.20. The molecule has 1 aromatic rings. The number of nitrogens with zero attached hydrogens (tertiary/aromatic N) is 1. The van der Waals surface area contributed by atoms with Crippen molar-refractivity contribution in [2.24, 2.45) is 0 Å². The zero-order valence-electron chi connectivity index (χ0n) is 9.04. The average Bonchev–Trinajstić information content (AvgIpc) is 2.22. The number of rotatable bonds is 4. The number of pyridine rings is 1. The lowest BCUT2D eigenvalue weighted by atomic mass is 10.2. The number of hydrogen-bond acceptors (Lipinski definition) is 4. The molecular weight excluding hydrogens is 254 g/mol. The van der Waals surface area contributed by atoms with Crippen molar-refractivity contribution in [1.29, 1.82) is 0 Å². The first-order valence-electron chi connectivity index (χ1n) is 4.84. The maximum atomic E-state index is 12.5. The first-order valence-corrected chi connectivity index (χ1v) is 5.22. The van der Waals surface area contributed by atoms with Crippen LogP contribution in [0.3, 0.4) is 0 Å². The summed E-state index contributed by atoms with van der Waals surface area (Å²) in [6.45, 7) is 1.88. The molecule has 1 rings (SSSR count). The molecule has 0 spiro atoms. The molecule has 0 aliphatic carbocycles. The lowest BCUT2D eigenvalue weighted by Gasteiger charge is -2.08. The standard InChI is InChI=1S/C10H11ClF2N2O2/c1-2-17-8(16)4-7-6(11)3-5(9(12)13)10(14)15-7/h3,9H,2,4H2,1H3,(H2,14,15). The zero-order valence-corrected chi connectivity index (χ0v) is 9.80. The van der Waals surface area contributed by atoms with Crippen LogP contribution < -0.4 is 5.73 Å². The smallest absolute Gasteiger partial charge is 0.311 e. The van der Waals surface area contributed by atoms with Gasteiger partial charge in [-0.25, -0.2) is 13.8 Å². The first kappa shape index (κ1) is 13.6. The topological polar surface area (TPSA) is 65.2 Å². The number of halogens is 3. The van der Waals surface area contributed by atoms with E-state index in [2.05, 4.69) is 4.98 Å². The van der Waals surface area contributed by atoms with Crippen LogP contribution in [0.4, 0.5) is 14.6 Å². The van der Waals surface area contributed by atoms with Crippen LogP contribution in [0.5, 0.6) is 0 Å². The molecule has 17 heavy (non-hydrogen) atoms. The third-order valence-corrected chi connectivity index (χ3v) is 2.29. The Kier molecular flexibility index (Phi) is 4.62. The highest BCUT2D eigenvalue weighted by Gasteiger charge is 2.17. The summed E-state index contributed by atoms with van der Waals surface area (Å²) in [7, 11) is 0. The third kappa shape index (κ3) is 3.52. The van der Waals surface area contributed by atoms with E-state index in [9.17, 15) is 13.6 Å². The van der Waals surface area contributed by atoms with Gasteiger partial charge in [-0.2, -0.15) is 0 Å². The molecule has 7 heteroatoms. The number of esters is 1. The molecule has 1 heterocycles. The zero-order chi connectivity index (χ0) is 13.0. The monoisotopic (exact) mass is 264 g/mol. The van der Waals surface area contributed by atoms with Crippen molar-refractivity contribution in [2.75, 3.05) is 12.3 Å². The van der Waals surface area contributed by atoms with Gasteiger partial charge in [0.05, 0.1) is 29.3 Å². The van der Waals surface area contributed by atoms with Crippen molar-refractivity contribution in [2.45, 2.75) is 19.8 Å². The molecule has 94 valence electrons. The van der Waals surface area contributed by atoms with E-state index >= 15 is 0 Å². The van der Waals surface area contributed by atoms with Gasteiger partial charge in [-0.1, -0.05) is 11.6 Å². The summed E-state index contributed by atoms with van der Waals surface area (Å²) in [5.41, 5.74) is 5.03. The fraction of sp³-hybridized carbons (Fsp3) is 0.400. The fourth-order valence-corrected chi connectivity index (χ4v) is 1.43. The highest BCUT2D eigenvalue weighted by atomic mass is 35.5. The van der Waals surface area contributed by atoms with Crippen molar-refractivity contribution >= 4 is 23.4 Å². The number of alkyl halides is 2. The molecule has 4 nitrogen and oxygen atoms in total. The predicted molar refractivity (Wildman–Crippen MR) is 59.0 cm³/mol. The molecule has 0 aromatic carbocycles. The van der Waals surface area contributed by atoms with Gasteiger partial charge in [-0.05, 0) is 13.0 Å². The number of nitrogen functional groups attached to an aromatic ring is 1. The van der Waals surface area contributed by atoms with Gasteiger partial charge in [-0.3, -0.25) is 4.79 Å². The summed E-state index contributed by atoms with van der Waals surface area (Å²) < 4.78 is 29.6. The minimum Gasteiger partial charge on any atom is -0.466 e. The van der Waals surface area contributed by atoms with Gasteiger partial charge in [0.1, 0.15) is 5.82 Å². The molecule has 2 N–H and O–H groups in total. The van der Waals surface area contributed by atoms with Gasteiger partial charge in [-0.15, -0.1) is 0 Å². The molecule has 1 aromatic heterocycles. The van der Waals surface area contributed by atoms with Crippen molar-refractivity contribution in [3.8, 4) is 0 Å². The maximum Gasteiger partial charge on any atom is 0.311 e. The largest absolute Gasteiger partial charge is 0.466 e. The molecule has 0 aliphatic heterocycles. The minimum atomic E-state index is -2.75. The quantitative estimate of drug-likeness (QED) is 0.848. The Hall–Kier alpha value is -1.43. The average molecular weight is 265 g/mol. The number of aromatic nitrogens is 1. The number of carbonyl (C=O) groups is 1. The van der Waals surface area contributed by atoms with Crippen LogP contribution in [0.1, 0.15) is 24.6 Å². The lowest BCUT2D eigenvalue weighted by molar-refractivity contribution is -0.142. The van der Waals surface area contributed by atoms with Gasteiger partial charge < -0.3 is 10.5 Å². The number of hydrogen-bond donors (Lipinski definition) is 1. The summed E-state index contributed by atoms with van der Waals surface area (Å²) >= 11 is 5.73. The number of ether oxygens (including phenoxy) is 1. The highest BCUT2D eigenvalue weighted by Crippen LogP contribution is 2.28. The molecule has 0 amide bonds. The second-order valence-electron chi connectivity index (χ2n) is 3.17. The summed E-state index contributed by atoms with van der Waals surface area (Å²) in [5.74, 6) is -0.866. The van der Waals surface area contributed by atoms with E-state index in [0.29, 0.717) is 0 Å². The van der Waals surface area contributed by atoms with E-state index < -0.39 is 18.0 Å². The SMILES string of the molecule is CCOC(=O)Cc1nc(N)c(C(F)F)cc1Cl. The highest BCUT2D eigenvalue weighted by molar-refractivity contribution is 6.31. The van der Waals surface area contributed by atoms with Crippen LogP contribution in [0, 0.1) is 0 Å². The summed E-state index contributed by atoms with van der Waals surface area (Å²) in [6.07, 6.45) is -2.95. The molecule has 0 radical (unpaired) electrons. The van der Waals surface area contributed by atoms with E-state index in [1.807, 2.05) is 0 Å². The summed E-state index contributed by atoms with van der Waals surface area (Å²) in [6, 6.07) is 1.02. The van der Waals surface area contributed by atoms with Crippen LogP contribution >= 0.6 is 11.6 Å². The molecule has 0 saturated heterocycles. The van der Waals surface area contributed by atoms with Crippen LogP contribution in [-0.2, 0) is 16.0 Å². The number of carbonyl (C=O) groups excluding carboxylic acids is 1.